The second kappa shape index (κ2) is 5.42. The van der Waals surface area contributed by atoms with Gasteiger partial charge in [-0.15, -0.1) is 0 Å². The van der Waals surface area contributed by atoms with Gasteiger partial charge in [-0.05, 0) is 53.3 Å². The van der Waals surface area contributed by atoms with Crippen LogP contribution in [0.2, 0.25) is 0 Å². The van der Waals surface area contributed by atoms with E-state index in [1.807, 2.05) is 12.1 Å². The topological polar surface area (TPSA) is 25.2 Å². The van der Waals surface area contributed by atoms with Gasteiger partial charge < -0.3 is 9.73 Å². The van der Waals surface area contributed by atoms with E-state index >= 15 is 0 Å². The predicted molar refractivity (Wildman–Crippen MR) is 68.6 cm³/mol. The largest absolute Gasteiger partial charge is 0.454 e. The van der Waals surface area contributed by atoms with Crippen molar-refractivity contribution < 1.29 is 4.42 Å². The fourth-order valence-corrected chi connectivity index (χ4v) is 3.31. The van der Waals surface area contributed by atoms with Crippen LogP contribution in [0.4, 0.5) is 0 Å². The Morgan fingerprint density at radius 3 is 3.14 bits per heavy atom. The molecule has 1 atom stereocenters. The molecule has 14 heavy (non-hydrogen) atoms. The van der Waals surface area contributed by atoms with Gasteiger partial charge in [0.15, 0.2) is 3.77 Å². The molecule has 0 aromatic carbocycles. The molecule has 0 aliphatic carbocycles. The first-order valence-corrected chi connectivity index (χ1v) is 7.04. The molecular weight excluding hydrogens is 309 g/mol. The molecule has 0 radical (unpaired) electrons. The lowest BCUT2D eigenvalue weighted by Gasteiger charge is -2.08. The van der Waals surface area contributed by atoms with Gasteiger partial charge in [-0.2, -0.15) is 11.8 Å². The number of hydrogen-bond donors (Lipinski definition) is 1. The van der Waals surface area contributed by atoms with E-state index < -0.39 is 0 Å². The smallest absolute Gasteiger partial charge is 0.164 e. The highest BCUT2D eigenvalue weighted by molar-refractivity contribution is 14.1. The van der Waals surface area contributed by atoms with Gasteiger partial charge >= 0.3 is 0 Å². The average Bonchev–Trinajstić information content (AvgIpc) is 2.77. The van der Waals surface area contributed by atoms with E-state index in [-0.39, 0.29) is 0 Å². The third-order valence-electron chi connectivity index (χ3n) is 2.32. The van der Waals surface area contributed by atoms with E-state index in [0.717, 1.165) is 27.9 Å². The van der Waals surface area contributed by atoms with Crippen LogP contribution in [0.5, 0.6) is 0 Å². The van der Waals surface area contributed by atoms with Gasteiger partial charge in [-0.25, -0.2) is 0 Å². The number of furan rings is 1. The minimum Gasteiger partial charge on any atom is -0.454 e. The van der Waals surface area contributed by atoms with Crippen LogP contribution in [0.3, 0.4) is 0 Å². The van der Waals surface area contributed by atoms with Crippen molar-refractivity contribution >= 4 is 34.4 Å². The van der Waals surface area contributed by atoms with Gasteiger partial charge in [-0.3, -0.25) is 0 Å². The molecule has 2 heterocycles. The maximum absolute atomic E-state index is 5.47. The Labute approximate surface area is 102 Å². The molecule has 1 unspecified atom stereocenters. The average molecular weight is 323 g/mol. The van der Waals surface area contributed by atoms with Crippen LogP contribution in [0.15, 0.2) is 16.5 Å². The van der Waals surface area contributed by atoms with Gasteiger partial charge in [0, 0.05) is 11.8 Å². The van der Waals surface area contributed by atoms with Crippen LogP contribution in [-0.2, 0) is 6.54 Å². The Hall–Kier alpha value is 0.320. The van der Waals surface area contributed by atoms with Crippen molar-refractivity contribution in [1.29, 1.82) is 0 Å². The minimum absolute atomic E-state index is 0.823. The molecule has 0 bridgehead atoms. The molecule has 78 valence electrons. The molecule has 1 N–H and O–H groups in total. The second-order valence-corrected chi connectivity index (χ2v) is 5.94. The normalized spacial score (nSPS) is 21.6. The van der Waals surface area contributed by atoms with Crippen LogP contribution in [0.1, 0.15) is 18.6 Å². The Kier molecular flexibility index (Phi) is 4.19. The lowest BCUT2D eigenvalue weighted by molar-refractivity contribution is 0.462. The monoisotopic (exact) mass is 323 g/mol. The quantitative estimate of drug-likeness (QED) is 0.863. The number of thioether (sulfide) groups is 1. The molecule has 0 spiro atoms. The lowest BCUT2D eigenvalue weighted by atomic mass is 10.2. The zero-order valence-electron chi connectivity index (χ0n) is 7.96. The zero-order chi connectivity index (χ0) is 9.80. The van der Waals surface area contributed by atoms with Crippen LogP contribution < -0.4 is 5.32 Å². The summed E-state index contributed by atoms with van der Waals surface area (Å²) in [5.41, 5.74) is 0. The third kappa shape index (κ3) is 3.17. The molecule has 1 aliphatic rings. The van der Waals surface area contributed by atoms with Gasteiger partial charge in [0.1, 0.15) is 5.76 Å². The molecule has 1 aromatic heterocycles. The first kappa shape index (κ1) is 10.8. The van der Waals surface area contributed by atoms with Crippen molar-refractivity contribution in [3.8, 4) is 0 Å². The Morgan fingerprint density at radius 2 is 2.50 bits per heavy atom. The highest BCUT2D eigenvalue weighted by atomic mass is 127. The summed E-state index contributed by atoms with van der Waals surface area (Å²) >= 11 is 4.28. The molecule has 1 saturated heterocycles. The molecule has 2 rings (SSSR count). The van der Waals surface area contributed by atoms with Crippen molar-refractivity contribution in [2.24, 2.45) is 0 Å². The zero-order valence-corrected chi connectivity index (χ0v) is 10.9. The number of halogens is 1. The summed E-state index contributed by atoms with van der Waals surface area (Å²) in [4.78, 5) is 0. The number of rotatable bonds is 4. The van der Waals surface area contributed by atoms with E-state index in [2.05, 4.69) is 39.7 Å². The molecule has 4 heteroatoms. The van der Waals surface area contributed by atoms with E-state index in [0.29, 0.717) is 0 Å². The SMILES string of the molecule is Ic1ccc(CNCC2CCCS2)o1. The molecular formula is C10H14INOS. The van der Waals surface area contributed by atoms with Gasteiger partial charge in [0.25, 0.3) is 0 Å². The highest BCUT2D eigenvalue weighted by Crippen LogP contribution is 2.25. The first-order chi connectivity index (χ1) is 6.84. The van der Waals surface area contributed by atoms with Crippen LogP contribution >= 0.6 is 34.4 Å². The van der Waals surface area contributed by atoms with Crippen molar-refractivity contribution in [3.05, 3.63) is 21.7 Å². The highest BCUT2D eigenvalue weighted by Gasteiger charge is 2.14. The molecule has 1 aliphatic heterocycles. The second-order valence-electron chi connectivity index (χ2n) is 3.47. The third-order valence-corrected chi connectivity index (χ3v) is 4.30. The molecule has 0 saturated carbocycles. The van der Waals surface area contributed by atoms with E-state index in [4.69, 9.17) is 4.42 Å². The summed E-state index contributed by atoms with van der Waals surface area (Å²) in [5, 5.41) is 4.26. The van der Waals surface area contributed by atoms with Crippen molar-refractivity contribution in [3.63, 3.8) is 0 Å². The Balaban J connectivity index is 1.67. The molecule has 0 amide bonds. The molecule has 1 fully saturated rings. The fourth-order valence-electron chi connectivity index (χ4n) is 1.61. The first-order valence-electron chi connectivity index (χ1n) is 4.91. The predicted octanol–water partition coefficient (Wildman–Crippen LogP) is 2.87. The summed E-state index contributed by atoms with van der Waals surface area (Å²) in [7, 11) is 0. The number of hydrogen-bond acceptors (Lipinski definition) is 3. The minimum atomic E-state index is 0.823. The van der Waals surface area contributed by atoms with Gasteiger partial charge in [-0.1, -0.05) is 0 Å². The number of nitrogens with one attached hydrogen (secondary N) is 1. The Bertz CT molecular complexity index is 283. The van der Waals surface area contributed by atoms with E-state index in [9.17, 15) is 0 Å². The molecule has 1 aromatic rings. The van der Waals surface area contributed by atoms with Gasteiger partial charge in [0.2, 0.25) is 0 Å². The maximum Gasteiger partial charge on any atom is 0.164 e. The lowest BCUT2D eigenvalue weighted by Crippen LogP contribution is -2.22. The van der Waals surface area contributed by atoms with Crippen molar-refractivity contribution in [2.45, 2.75) is 24.6 Å². The van der Waals surface area contributed by atoms with Crippen LogP contribution in [-0.4, -0.2) is 17.5 Å². The summed E-state index contributed by atoms with van der Waals surface area (Å²) in [5.74, 6) is 2.38. The summed E-state index contributed by atoms with van der Waals surface area (Å²) in [6.45, 7) is 1.97. The summed E-state index contributed by atoms with van der Waals surface area (Å²) < 4.78 is 6.43. The Morgan fingerprint density at radius 1 is 1.57 bits per heavy atom. The fraction of sp³-hybridized carbons (Fsp3) is 0.600. The van der Waals surface area contributed by atoms with E-state index in [1.54, 1.807) is 0 Å². The van der Waals surface area contributed by atoms with Crippen LogP contribution in [0, 0.1) is 3.77 Å². The van der Waals surface area contributed by atoms with E-state index in [1.165, 1.54) is 18.6 Å². The molecule has 2 nitrogen and oxygen atoms in total. The summed E-state index contributed by atoms with van der Waals surface area (Å²) in [6.07, 6.45) is 2.75. The van der Waals surface area contributed by atoms with Crippen molar-refractivity contribution in [1.82, 2.24) is 5.32 Å². The maximum atomic E-state index is 5.47. The summed E-state index contributed by atoms with van der Waals surface area (Å²) in [6, 6.07) is 4.04. The standard InChI is InChI=1S/C10H14INOS/c11-10-4-3-8(13-10)6-12-7-9-2-1-5-14-9/h3-4,9,12H,1-2,5-7H2. The van der Waals surface area contributed by atoms with Crippen molar-refractivity contribution in [2.75, 3.05) is 12.3 Å². The van der Waals surface area contributed by atoms with Crippen LogP contribution in [0.25, 0.3) is 0 Å². The van der Waals surface area contributed by atoms with Gasteiger partial charge in [0.05, 0.1) is 6.54 Å².